The predicted octanol–water partition coefficient (Wildman–Crippen LogP) is 3.48. The number of nitrogens with two attached hydrogens (primary N) is 1. The molecular formula is C15H16ClNO2. The van der Waals surface area contributed by atoms with E-state index >= 15 is 0 Å². The number of hydrogen-bond donors (Lipinski definition) is 1. The summed E-state index contributed by atoms with van der Waals surface area (Å²) in [5, 5.41) is 0.685. The minimum Gasteiger partial charge on any atom is -0.493 e. The third-order valence-electron chi connectivity index (χ3n) is 2.99. The fourth-order valence-corrected chi connectivity index (χ4v) is 2.26. The van der Waals surface area contributed by atoms with Crippen LogP contribution >= 0.6 is 11.6 Å². The highest BCUT2D eigenvalue weighted by atomic mass is 35.5. The molecule has 0 aliphatic carbocycles. The zero-order chi connectivity index (χ0) is 13.8. The van der Waals surface area contributed by atoms with Crippen LogP contribution in [0.1, 0.15) is 5.56 Å². The molecule has 19 heavy (non-hydrogen) atoms. The minimum atomic E-state index is 0.404. The number of methoxy groups -OCH3 is 2. The van der Waals surface area contributed by atoms with Gasteiger partial charge in [0.25, 0.3) is 0 Å². The lowest BCUT2D eigenvalue weighted by molar-refractivity contribution is 0.354. The highest BCUT2D eigenvalue weighted by Gasteiger charge is 2.13. The molecule has 0 radical (unpaired) electrons. The molecule has 0 bridgehead atoms. The van der Waals surface area contributed by atoms with Crippen molar-refractivity contribution in [1.82, 2.24) is 0 Å². The molecule has 0 amide bonds. The highest BCUT2D eigenvalue weighted by molar-refractivity contribution is 6.33. The summed E-state index contributed by atoms with van der Waals surface area (Å²) in [6, 6.07) is 11.4. The van der Waals surface area contributed by atoms with E-state index < -0.39 is 0 Å². The van der Waals surface area contributed by atoms with Crippen molar-refractivity contribution < 1.29 is 9.47 Å². The molecule has 2 rings (SSSR count). The molecule has 0 aliphatic rings. The van der Waals surface area contributed by atoms with Gasteiger partial charge in [0.15, 0.2) is 11.5 Å². The summed E-state index contributed by atoms with van der Waals surface area (Å²) in [7, 11) is 3.21. The second-order valence-corrected chi connectivity index (χ2v) is 4.46. The third-order valence-corrected chi connectivity index (χ3v) is 3.32. The summed E-state index contributed by atoms with van der Waals surface area (Å²) in [5.41, 5.74) is 8.68. The molecule has 2 aromatic carbocycles. The van der Waals surface area contributed by atoms with E-state index in [4.69, 9.17) is 26.8 Å². The van der Waals surface area contributed by atoms with Gasteiger partial charge >= 0.3 is 0 Å². The van der Waals surface area contributed by atoms with Crippen LogP contribution in [0, 0.1) is 0 Å². The average Bonchev–Trinajstić information content (AvgIpc) is 2.46. The second-order valence-electron chi connectivity index (χ2n) is 4.05. The van der Waals surface area contributed by atoms with Gasteiger partial charge in [0.2, 0.25) is 0 Å². The first-order chi connectivity index (χ1) is 9.21. The van der Waals surface area contributed by atoms with Gasteiger partial charge in [0.05, 0.1) is 14.2 Å². The number of halogens is 1. The maximum Gasteiger partial charge on any atom is 0.161 e. The Morgan fingerprint density at radius 2 is 1.63 bits per heavy atom. The quantitative estimate of drug-likeness (QED) is 0.930. The minimum absolute atomic E-state index is 0.404. The van der Waals surface area contributed by atoms with Crippen LogP contribution in [0.5, 0.6) is 11.5 Å². The van der Waals surface area contributed by atoms with Crippen molar-refractivity contribution in [1.29, 1.82) is 0 Å². The van der Waals surface area contributed by atoms with Gasteiger partial charge in [-0.3, -0.25) is 0 Å². The van der Waals surface area contributed by atoms with Crippen molar-refractivity contribution in [3.05, 3.63) is 47.0 Å². The van der Waals surface area contributed by atoms with Gasteiger partial charge in [0, 0.05) is 17.1 Å². The van der Waals surface area contributed by atoms with Crippen LogP contribution in [0.3, 0.4) is 0 Å². The molecule has 100 valence electrons. The second kappa shape index (κ2) is 5.95. The zero-order valence-electron chi connectivity index (χ0n) is 10.9. The highest BCUT2D eigenvalue weighted by Crippen LogP contribution is 2.38. The number of hydrogen-bond acceptors (Lipinski definition) is 3. The van der Waals surface area contributed by atoms with Crippen LogP contribution in [0.4, 0.5) is 0 Å². The Balaban J connectivity index is 2.65. The first-order valence-corrected chi connectivity index (χ1v) is 6.29. The lowest BCUT2D eigenvalue weighted by Gasteiger charge is -2.15. The van der Waals surface area contributed by atoms with Gasteiger partial charge in [-0.15, -0.1) is 0 Å². The van der Waals surface area contributed by atoms with Gasteiger partial charge in [-0.1, -0.05) is 29.8 Å². The van der Waals surface area contributed by atoms with E-state index in [9.17, 15) is 0 Å². The van der Waals surface area contributed by atoms with E-state index in [1.165, 1.54) is 0 Å². The molecule has 0 saturated carbocycles. The Bertz CT molecular complexity index is 584. The van der Waals surface area contributed by atoms with Crippen molar-refractivity contribution in [2.24, 2.45) is 5.73 Å². The van der Waals surface area contributed by atoms with Gasteiger partial charge in [0.1, 0.15) is 0 Å². The summed E-state index contributed by atoms with van der Waals surface area (Å²) in [6.07, 6.45) is 0. The van der Waals surface area contributed by atoms with Crippen LogP contribution in [0.25, 0.3) is 11.1 Å². The zero-order valence-corrected chi connectivity index (χ0v) is 11.7. The summed E-state index contributed by atoms with van der Waals surface area (Å²) in [4.78, 5) is 0. The Kier molecular flexibility index (Phi) is 4.30. The number of ether oxygens (including phenoxy) is 2. The molecule has 0 saturated heterocycles. The van der Waals surface area contributed by atoms with Crippen molar-refractivity contribution in [2.75, 3.05) is 14.2 Å². The molecule has 0 aromatic heterocycles. The molecule has 0 heterocycles. The molecule has 2 N–H and O–H groups in total. The maximum absolute atomic E-state index is 6.24. The summed E-state index contributed by atoms with van der Waals surface area (Å²) in [6.45, 7) is 0.404. The average molecular weight is 278 g/mol. The molecule has 4 heteroatoms. The molecule has 3 nitrogen and oxygen atoms in total. The molecular weight excluding hydrogens is 262 g/mol. The number of rotatable bonds is 4. The first kappa shape index (κ1) is 13.7. The van der Waals surface area contributed by atoms with Crippen LogP contribution in [-0.2, 0) is 6.54 Å². The Morgan fingerprint density at radius 3 is 2.21 bits per heavy atom. The van der Waals surface area contributed by atoms with Gasteiger partial charge in [-0.05, 0) is 29.3 Å². The van der Waals surface area contributed by atoms with Gasteiger partial charge in [-0.2, -0.15) is 0 Å². The maximum atomic E-state index is 6.24. The Morgan fingerprint density at radius 1 is 1.00 bits per heavy atom. The van der Waals surface area contributed by atoms with E-state index in [0.29, 0.717) is 23.1 Å². The summed E-state index contributed by atoms with van der Waals surface area (Å²) in [5.74, 6) is 1.33. The fraction of sp³-hybridized carbons (Fsp3) is 0.200. The van der Waals surface area contributed by atoms with Crippen molar-refractivity contribution in [3.63, 3.8) is 0 Å². The molecule has 0 fully saturated rings. The van der Waals surface area contributed by atoms with Gasteiger partial charge in [-0.25, -0.2) is 0 Å². The van der Waals surface area contributed by atoms with E-state index in [0.717, 1.165) is 16.7 Å². The SMILES string of the molecule is COc1cc(CN)c(-c2ccccc2Cl)cc1OC. The van der Waals surface area contributed by atoms with Crippen LogP contribution in [-0.4, -0.2) is 14.2 Å². The van der Waals surface area contributed by atoms with Crippen LogP contribution in [0.2, 0.25) is 5.02 Å². The predicted molar refractivity (Wildman–Crippen MR) is 77.9 cm³/mol. The number of benzene rings is 2. The van der Waals surface area contributed by atoms with E-state index in [1.54, 1.807) is 14.2 Å². The van der Waals surface area contributed by atoms with Crippen molar-refractivity contribution in [3.8, 4) is 22.6 Å². The summed E-state index contributed by atoms with van der Waals surface area (Å²) < 4.78 is 10.6. The molecule has 0 unspecified atom stereocenters. The Hall–Kier alpha value is -1.71. The lowest BCUT2D eigenvalue weighted by Crippen LogP contribution is -2.01. The Labute approximate surface area is 117 Å². The van der Waals surface area contributed by atoms with Crippen molar-refractivity contribution >= 4 is 11.6 Å². The molecule has 0 spiro atoms. The first-order valence-electron chi connectivity index (χ1n) is 5.91. The molecule has 0 atom stereocenters. The third kappa shape index (κ3) is 2.67. The lowest BCUT2D eigenvalue weighted by atomic mass is 9.98. The smallest absolute Gasteiger partial charge is 0.161 e. The standard InChI is InChI=1S/C15H16ClNO2/c1-18-14-7-10(9-17)12(8-15(14)19-2)11-5-3-4-6-13(11)16/h3-8H,9,17H2,1-2H3. The summed E-state index contributed by atoms with van der Waals surface area (Å²) >= 11 is 6.24. The normalized spacial score (nSPS) is 10.3. The van der Waals surface area contributed by atoms with Crippen molar-refractivity contribution in [2.45, 2.75) is 6.54 Å². The molecule has 2 aromatic rings. The van der Waals surface area contributed by atoms with Crippen LogP contribution < -0.4 is 15.2 Å². The van der Waals surface area contributed by atoms with Crippen LogP contribution in [0.15, 0.2) is 36.4 Å². The van der Waals surface area contributed by atoms with E-state index in [1.807, 2.05) is 36.4 Å². The topological polar surface area (TPSA) is 44.5 Å². The fourth-order valence-electron chi connectivity index (χ4n) is 2.02. The van der Waals surface area contributed by atoms with E-state index in [2.05, 4.69) is 0 Å². The molecule has 0 aliphatic heterocycles. The van der Waals surface area contributed by atoms with E-state index in [-0.39, 0.29) is 0 Å². The largest absolute Gasteiger partial charge is 0.493 e. The van der Waals surface area contributed by atoms with Gasteiger partial charge < -0.3 is 15.2 Å². The monoisotopic (exact) mass is 277 g/mol.